The Morgan fingerprint density at radius 2 is 1.59 bits per heavy atom. The number of methoxy groups -OCH3 is 1. The summed E-state index contributed by atoms with van der Waals surface area (Å²) in [4.78, 5) is 37.8. The molecule has 0 amide bonds. The van der Waals surface area contributed by atoms with Crippen LogP contribution in [0.25, 0.3) is 16.3 Å². The Bertz CT molecular complexity index is 1050. The quantitative estimate of drug-likeness (QED) is 0.503. The molecule has 0 spiro atoms. The topological polar surface area (TPSA) is 96.2 Å². The molecule has 27 heavy (non-hydrogen) atoms. The van der Waals surface area contributed by atoms with Crippen molar-refractivity contribution in [3.63, 3.8) is 0 Å². The van der Waals surface area contributed by atoms with Gasteiger partial charge >= 0.3 is 17.9 Å². The number of hydrogen-bond acceptors (Lipinski definition) is 7. The number of nitrogens with zero attached hydrogens (tertiary/aromatic N) is 2. The predicted octanol–water partition coefficient (Wildman–Crippen LogP) is 2.63. The predicted molar refractivity (Wildman–Crippen MR) is 96.0 cm³/mol. The molecule has 0 saturated carbocycles. The monoisotopic (exact) mass is 370 g/mol. The average molecular weight is 370 g/mol. The fourth-order valence-electron chi connectivity index (χ4n) is 2.96. The Labute approximate surface area is 154 Å². The van der Waals surface area contributed by atoms with E-state index in [9.17, 15) is 14.4 Å². The normalized spacial score (nSPS) is 10.8. The molecule has 0 aliphatic heterocycles. The van der Waals surface area contributed by atoms with E-state index in [4.69, 9.17) is 14.2 Å². The highest BCUT2D eigenvalue weighted by Crippen LogP contribution is 2.31. The minimum Gasteiger partial charge on any atom is -0.464 e. The third-order valence-electron chi connectivity index (χ3n) is 4.01. The van der Waals surface area contributed by atoms with Crippen molar-refractivity contribution in [1.82, 2.24) is 9.61 Å². The second-order valence-corrected chi connectivity index (χ2v) is 5.52. The molecule has 0 atom stereocenters. The summed E-state index contributed by atoms with van der Waals surface area (Å²) < 4.78 is 16.3. The van der Waals surface area contributed by atoms with Crippen LogP contribution in [-0.4, -0.2) is 47.8 Å². The lowest BCUT2D eigenvalue weighted by Gasteiger charge is -2.06. The Kier molecular flexibility index (Phi) is 5.07. The van der Waals surface area contributed by atoms with Crippen LogP contribution in [0.1, 0.15) is 45.1 Å². The number of benzene rings is 1. The van der Waals surface area contributed by atoms with Gasteiger partial charge in [-0.25, -0.2) is 18.9 Å². The minimum absolute atomic E-state index is 0.0694. The van der Waals surface area contributed by atoms with Gasteiger partial charge in [-0.3, -0.25) is 0 Å². The van der Waals surface area contributed by atoms with Gasteiger partial charge in [0.15, 0.2) is 5.69 Å². The molecule has 140 valence electrons. The fraction of sp³-hybridized carbons (Fsp3) is 0.263. The molecule has 0 unspecified atom stereocenters. The lowest BCUT2D eigenvalue weighted by Crippen LogP contribution is -2.17. The molecule has 0 radical (unpaired) electrons. The zero-order chi connectivity index (χ0) is 19.6. The number of esters is 3. The summed E-state index contributed by atoms with van der Waals surface area (Å²) in [6, 6.07) is 7.18. The Balaban J connectivity index is 2.52. The zero-order valence-electron chi connectivity index (χ0n) is 15.1. The van der Waals surface area contributed by atoms with Gasteiger partial charge in [0.25, 0.3) is 0 Å². The van der Waals surface area contributed by atoms with Crippen LogP contribution in [0.3, 0.4) is 0 Å². The number of ether oxygens (including phenoxy) is 3. The molecule has 0 N–H and O–H groups in total. The van der Waals surface area contributed by atoms with E-state index in [-0.39, 0.29) is 35.6 Å². The molecule has 2 aromatic heterocycles. The molecule has 8 heteroatoms. The van der Waals surface area contributed by atoms with Crippen molar-refractivity contribution in [2.24, 2.45) is 0 Å². The van der Waals surface area contributed by atoms with Crippen LogP contribution < -0.4 is 0 Å². The van der Waals surface area contributed by atoms with Crippen LogP contribution in [0, 0.1) is 0 Å². The molecular formula is C19H18N2O6. The number of fused-ring (bicyclic) bond motifs is 3. The van der Waals surface area contributed by atoms with Gasteiger partial charge in [0.1, 0.15) is 11.1 Å². The molecule has 3 rings (SSSR count). The Hall–Kier alpha value is -3.42. The fourth-order valence-corrected chi connectivity index (χ4v) is 2.96. The third-order valence-corrected chi connectivity index (χ3v) is 4.01. The molecule has 1 aromatic carbocycles. The lowest BCUT2D eigenvalue weighted by atomic mass is 10.1. The van der Waals surface area contributed by atoms with Crippen molar-refractivity contribution in [1.29, 1.82) is 0 Å². The third kappa shape index (κ3) is 2.99. The van der Waals surface area contributed by atoms with Crippen LogP contribution in [0.5, 0.6) is 0 Å². The highest BCUT2D eigenvalue weighted by Gasteiger charge is 2.35. The smallest absolute Gasteiger partial charge is 0.357 e. The van der Waals surface area contributed by atoms with Crippen molar-refractivity contribution in [3.8, 4) is 0 Å². The van der Waals surface area contributed by atoms with E-state index in [0.717, 1.165) is 5.39 Å². The van der Waals surface area contributed by atoms with E-state index in [1.54, 1.807) is 32.2 Å². The van der Waals surface area contributed by atoms with Crippen LogP contribution in [0.2, 0.25) is 0 Å². The highest BCUT2D eigenvalue weighted by molar-refractivity contribution is 6.18. The molecular weight excluding hydrogens is 352 g/mol. The molecule has 0 aliphatic carbocycles. The number of carbonyl (C=O) groups is 3. The maximum atomic E-state index is 12.7. The van der Waals surface area contributed by atoms with Gasteiger partial charge in [-0.15, -0.1) is 0 Å². The van der Waals surface area contributed by atoms with E-state index >= 15 is 0 Å². The van der Waals surface area contributed by atoms with Crippen LogP contribution in [0.15, 0.2) is 30.5 Å². The van der Waals surface area contributed by atoms with Gasteiger partial charge in [0.05, 0.1) is 32.0 Å². The standard InChI is InChI=1S/C19H18N2O6/c1-4-26-17(22)13-14(18(23)27-5-2)16(19(24)25-3)21-15(13)12-9-7-6-8-11(12)10-20-21/h6-10H,4-5H2,1-3H3. The summed E-state index contributed by atoms with van der Waals surface area (Å²) in [5, 5.41) is 5.62. The van der Waals surface area contributed by atoms with E-state index in [1.807, 2.05) is 12.1 Å². The molecule has 0 aliphatic rings. The first kappa shape index (κ1) is 18.4. The molecule has 2 heterocycles. The van der Waals surface area contributed by atoms with E-state index in [1.165, 1.54) is 11.6 Å². The van der Waals surface area contributed by atoms with Crippen molar-refractivity contribution in [3.05, 3.63) is 47.3 Å². The van der Waals surface area contributed by atoms with Crippen LogP contribution in [-0.2, 0) is 14.2 Å². The number of carbonyl (C=O) groups excluding carboxylic acids is 3. The second kappa shape index (κ2) is 7.45. The number of rotatable bonds is 5. The van der Waals surface area contributed by atoms with E-state index in [2.05, 4.69) is 5.10 Å². The minimum atomic E-state index is -0.824. The molecule has 8 nitrogen and oxygen atoms in total. The van der Waals surface area contributed by atoms with Crippen LogP contribution >= 0.6 is 0 Å². The largest absolute Gasteiger partial charge is 0.464 e. The molecule has 0 bridgehead atoms. The van der Waals surface area contributed by atoms with Crippen molar-refractivity contribution < 1.29 is 28.6 Å². The van der Waals surface area contributed by atoms with Gasteiger partial charge in [-0.2, -0.15) is 5.10 Å². The van der Waals surface area contributed by atoms with Crippen molar-refractivity contribution in [2.75, 3.05) is 20.3 Å². The maximum Gasteiger partial charge on any atom is 0.357 e. The van der Waals surface area contributed by atoms with Gasteiger partial charge in [0.2, 0.25) is 0 Å². The SMILES string of the molecule is CCOC(=O)c1c(C(=O)OCC)c2c3ccccc3cnn2c1C(=O)OC. The molecule has 0 fully saturated rings. The molecule has 0 saturated heterocycles. The first-order valence-corrected chi connectivity index (χ1v) is 8.40. The maximum absolute atomic E-state index is 12.7. The number of hydrogen-bond donors (Lipinski definition) is 0. The summed E-state index contributed by atoms with van der Waals surface area (Å²) in [5.41, 5.74) is -0.180. The summed E-state index contributed by atoms with van der Waals surface area (Å²) in [7, 11) is 1.18. The van der Waals surface area contributed by atoms with Gasteiger partial charge in [-0.05, 0) is 13.8 Å². The van der Waals surface area contributed by atoms with E-state index in [0.29, 0.717) is 5.39 Å². The van der Waals surface area contributed by atoms with Crippen LogP contribution in [0.4, 0.5) is 0 Å². The zero-order valence-corrected chi connectivity index (χ0v) is 15.1. The first-order valence-electron chi connectivity index (χ1n) is 8.40. The van der Waals surface area contributed by atoms with Crippen molar-refractivity contribution in [2.45, 2.75) is 13.8 Å². The second-order valence-electron chi connectivity index (χ2n) is 5.52. The Morgan fingerprint density at radius 3 is 2.22 bits per heavy atom. The average Bonchev–Trinajstić information content (AvgIpc) is 3.03. The van der Waals surface area contributed by atoms with Gasteiger partial charge in [0, 0.05) is 10.8 Å². The summed E-state index contributed by atoms with van der Waals surface area (Å²) in [6.45, 7) is 3.45. The van der Waals surface area contributed by atoms with Gasteiger partial charge < -0.3 is 14.2 Å². The van der Waals surface area contributed by atoms with Gasteiger partial charge in [-0.1, -0.05) is 24.3 Å². The molecule has 3 aromatic rings. The van der Waals surface area contributed by atoms with Crippen molar-refractivity contribution >= 4 is 34.2 Å². The summed E-state index contributed by atoms with van der Waals surface area (Å²) >= 11 is 0. The van der Waals surface area contributed by atoms with E-state index < -0.39 is 17.9 Å². The highest BCUT2D eigenvalue weighted by atomic mass is 16.5. The first-order chi connectivity index (χ1) is 13.0. The summed E-state index contributed by atoms with van der Waals surface area (Å²) in [5.74, 6) is -2.38. The number of aromatic nitrogens is 2. The summed E-state index contributed by atoms with van der Waals surface area (Å²) in [6.07, 6.45) is 1.54. The lowest BCUT2D eigenvalue weighted by molar-refractivity contribution is 0.0472. The Morgan fingerprint density at radius 1 is 0.963 bits per heavy atom.